The van der Waals surface area contributed by atoms with Gasteiger partial charge in [-0.15, -0.1) is 0 Å². The van der Waals surface area contributed by atoms with Crippen molar-refractivity contribution in [3.63, 3.8) is 0 Å². The van der Waals surface area contributed by atoms with Gasteiger partial charge in [0.15, 0.2) is 0 Å². The van der Waals surface area contributed by atoms with E-state index in [9.17, 15) is 22.8 Å². The molecule has 0 atom stereocenters. The van der Waals surface area contributed by atoms with Crippen molar-refractivity contribution in [2.45, 2.75) is 32.0 Å². The summed E-state index contributed by atoms with van der Waals surface area (Å²) in [5, 5.41) is 3.01. The lowest BCUT2D eigenvalue weighted by Gasteiger charge is -2.26. The first-order valence-electron chi connectivity index (χ1n) is 9.89. The van der Waals surface area contributed by atoms with Crippen LogP contribution in [-0.4, -0.2) is 24.6 Å². The summed E-state index contributed by atoms with van der Waals surface area (Å²) in [4.78, 5) is 25.2. The third kappa shape index (κ3) is 3.66. The molecule has 0 fully saturated rings. The second kappa shape index (κ2) is 7.76. The van der Waals surface area contributed by atoms with Gasteiger partial charge in [-0.05, 0) is 53.6 Å². The molecule has 1 aromatic heterocycles. The molecule has 5 nitrogen and oxygen atoms in total. The van der Waals surface area contributed by atoms with Crippen LogP contribution in [-0.2, 0) is 30.4 Å². The van der Waals surface area contributed by atoms with E-state index in [2.05, 4.69) is 5.32 Å². The van der Waals surface area contributed by atoms with Gasteiger partial charge in [-0.2, -0.15) is 13.2 Å². The summed E-state index contributed by atoms with van der Waals surface area (Å²) >= 11 is 0. The molecule has 4 rings (SSSR count). The maximum Gasteiger partial charge on any atom is 0.416 e. The van der Waals surface area contributed by atoms with Gasteiger partial charge in [0, 0.05) is 31.0 Å². The molecule has 3 aromatic rings. The number of aromatic nitrogens is 1. The molecule has 0 bridgehead atoms. The first kappa shape index (κ1) is 21.0. The number of hydrogen-bond acceptors (Lipinski definition) is 3. The number of carbonyl (C=O) groups excluding carboxylic acids is 1. The number of alkyl halides is 3. The number of nitrogens with one attached hydrogen (secondary N) is 1. The number of fused-ring (bicyclic) bond motifs is 4. The lowest BCUT2D eigenvalue weighted by molar-refractivity contribution is -0.137. The van der Waals surface area contributed by atoms with Crippen molar-refractivity contribution in [1.29, 1.82) is 0 Å². The molecule has 31 heavy (non-hydrogen) atoms. The Morgan fingerprint density at radius 2 is 1.94 bits per heavy atom. The Balaban J connectivity index is 2.04. The lowest BCUT2D eigenvalue weighted by atomic mass is 9.89. The number of rotatable bonds is 4. The van der Waals surface area contributed by atoms with E-state index in [0.717, 1.165) is 23.3 Å². The van der Waals surface area contributed by atoms with Crippen LogP contribution in [0, 0.1) is 0 Å². The van der Waals surface area contributed by atoms with Gasteiger partial charge in [-0.25, -0.2) is 0 Å². The zero-order valence-corrected chi connectivity index (χ0v) is 17.1. The minimum atomic E-state index is -4.55. The normalized spacial score (nSPS) is 12.9. The van der Waals surface area contributed by atoms with Crippen LogP contribution in [0.1, 0.15) is 23.1 Å². The van der Waals surface area contributed by atoms with Crippen LogP contribution in [0.2, 0.25) is 0 Å². The Kier molecular flexibility index (Phi) is 5.24. The zero-order chi connectivity index (χ0) is 22.3. The predicted octanol–water partition coefficient (Wildman–Crippen LogP) is 3.93. The highest BCUT2D eigenvalue weighted by atomic mass is 19.4. The van der Waals surface area contributed by atoms with Gasteiger partial charge in [0.25, 0.3) is 5.56 Å². The second-order valence-electron chi connectivity index (χ2n) is 7.49. The van der Waals surface area contributed by atoms with E-state index in [-0.39, 0.29) is 24.1 Å². The molecule has 2 aromatic carbocycles. The van der Waals surface area contributed by atoms with Crippen LogP contribution in [0.15, 0.2) is 41.2 Å². The van der Waals surface area contributed by atoms with E-state index in [1.54, 1.807) is 7.11 Å². The molecule has 0 aliphatic carbocycles. The van der Waals surface area contributed by atoms with Gasteiger partial charge in [-0.3, -0.25) is 9.59 Å². The summed E-state index contributed by atoms with van der Waals surface area (Å²) in [5.74, 6) is 0.427. The van der Waals surface area contributed by atoms with Crippen LogP contribution in [0.4, 0.5) is 13.2 Å². The Morgan fingerprint density at radius 1 is 1.16 bits per heavy atom. The quantitative estimate of drug-likeness (QED) is 0.682. The smallest absolute Gasteiger partial charge is 0.416 e. The van der Waals surface area contributed by atoms with E-state index in [1.807, 2.05) is 18.2 Å². The maximum atomic E-state index is 13.3. The molecule has 0 saturated heterocycles. The van der Waals surface area contributed by atoms with Gasteiger partial charge in [-0.1, -0.05) is 12.1 Å². The highest BCUT2D eigenvalue weighted by Gasteiger charge is 2.32. The van der Waals surface area contributed by atoms with Crippen molar-refractivity contribution in [2.24, 2.45) is 0 Å². The first-order chi connectivity index (χ1) is 14.7. The fourth-order valence-corrected chi connectivity index (χ4v) is 4.19. The zero-order valence-electron chi connectivity index (χ0n) is 17.1. The van der Waals surface area contributed by atoms with Gasteiger partial charge in [0.1, 0.15) is 5.75 Å². The topological polar surface area (TPSA) is 60.3 Å². The number of benzene rings is 2. The summed E-state index contributed by atoms with van der Waals surface area (Å²) in [6, 6.07) is 8.84. The van der Waals surface area contributed by atoms with E-state index < -0.39 is 17.3 Å². The fourth-order valence-electron chi connectivity index (χ4n) is 4.19. The molecule has 2 heterocycles. The third-order valence-electron chi connectivity index (χ3n) is 5.76. The molecule has 0 saturated carbocycles. The van der Waals surface area contributed by atoms with Crippen molar-refractivity contribution in [3.05, 3.63) is 63.4 Å². The molecule has 8 heteroatoms. The van der Waals surface area contributed by atoms with Crippen LogP contribution >= 0.6 is 0 Å². The SMILES string of the molecule is CNC(=O)CCc1c2n(c(=O)c3cc(C(F)(F)F)ccc13)CCc1ccc(OC)cc1-2. The number of nitrogens with zero attached hydrogens (tertiary/aromatic N) is 1. The number of pyridine rings is 1. The number of carbonyl (C=O) groups is 1. The minimum Gasteiger partial charge on any atom is -0.497 e. The molecule has 0 spiro atoms. The van der Waals surface area contributed by atoms with Crippen LogP contribution < -0.4 is 15.6 Å². The number of methoxy groups -OCH3 is 1. The molecule has 1 N–H and O–H groups in total. The van der Waals surface area contributed by atoms with Gasteiger partial charge >= 0.3 is 6.18 Å². The Bertz CT molecular complexity index is 1250. The van der Waals surface area contributed by atoms with Crippen molar-refractivity contribution in [1.82, 2.24) is 9.88 Å². The standard InChI is InChI=1S/C23H21F3N2O3/c1-27-20(29)8-7-17-16-6-4-14(23(24,25)26)11-19(16)22(30)28-10-9-13-3-5-15(31-2)12-18(13)21(17)28/h3-6,11-12H,7-10H2,1-2H3,(H,27,29). The first-order valence-corrected chi connectivity index (χ1v) is 9.89. The van der Waals surface area contributed by atoms with E-state index in [0.29, 0.717) is 35.4 Å². The third-order valence-corrected chi connectivity index (χ3v) is 5.76. The van der Waals surface area contributed by atoms with Crippen molar-refractivity contribution in [2.75, 3.05) is 14.2 Å². The number of aryl methyl sites for hydroxylation is 2. The molecule has 0 unspecified atom stereocenters. The molecular weight excluding hydrogens is 409 g/mol. The lowest BCUT2D eigenvalue weighted by Crippen LogP contribution is -2.28. The predicted molar refractivity (Wildman–Crippen MR) is 111 cm³/mol. The van der Waals surface area contributed by atoms with Crippen LogP contribution in [0.5, 0.6) is 5.75 Å². The Hall–Kier alpha value is -3.29. The number of hydrogen-bond donors (Lipinski definition) is 1. The number of amides is 1. The van der Waals surface area contributed by atoms with Crippen molar-refractivity contribution >= 4 is 16.7 Å². The van der Waals surface area contributed by atoms with Crippen molar-refractivity contribution < 1.29 is 22.7 Å². The average molecular weight is 430 g/mol. The minimum absolute atomic E-state index is 0.0110. The monoisotopic (exact) mass is 430 g/mol. The Morgan fingerprint density at radius 3 is 2.61 bits per heavy atom. The highest BCUT2D eigenvalue weighted by molar-refractivity contribution is 5.92. The number of halogens is 3. The average Bonchev–Trinajstić information content (AvgIpc) is 2.77. The van der Waals surface area contributed by atoms with Gasteiger partial charge < -0.3 is 14.6 Å². The molecule has 162 valence electrons. The molecule has 1 aliphatic heterocycles. The highest BCUT2D eigenvalue weighted by Crippen LogP contribution is 2.38. The van der Waals surface area contributed by atoms with Gasteiger partial charge in [0.05, 0.1) is 18.4 Å². The number of ether oxygens (including phenoxy) is 1. The molecule has 1 amide bonds. The molecule has 1 aliphatic rings. The summed E-state index contributed by atoms with van der Waals surface area (Å²) in [5.41, 5.74) is 1.81. The van der Waals surface area contributed by atoms with Crippen molar-refractivity contribution in [3.8, 4) is 17.0 Å². The van der Waals surface area contributed by atoms with Gasteiger partial charge in [0.2, 0.25) is 5.91 Å². The second-order valence-corrected chi connectivity index (χ2v) is 7.49. The van der Waals surface area contributed by atoms with Crippen LogP contribution in [0.3, 0.4) is 0 Å². The van der Waals surface area contributed by atoms with E-state index in [1.165, 1.54) is 17.7 Å². The maximum absolute atomic E-state index is 13.3. The molecule has 0 radical (unpaired) electrons. The largest absolute Gasteiger partial charge is 0.497 e. The Labute approximate surface area is 176 Å². The van der Waals surface area contributed by atoms with E-state index >= 15 is 0 Å². The van der Waals surface area contributed by atoms with Crippen LogP contribution in [0.25, 0.3) is 22.0 Å². The summed E-state index contributed by atoms with van der Waals surface area (Å²) in [6.45, 7) is 0.354. The fraction of sp³-hybridized carbons (Fsp3) is 0.304. The summed E-state index contributed by atoms with van der Waals surface area (Å²) in [6.07, 6.45) is -3.54. The van der Waals surface area contributed by atoms with E-state index in [4.69, 9.17) is 4.74 Å². The summed E-state index contributed by atoms with van der Waals surface area (Å²) < 4.78 is 46.8. The molecular formula is C23H21F3N2O3. The summed E-state index contributed by atoms with van der Waals surface area (Å²) in [7, 11) is 3.07.